The van der Waals surface area contributed by atoms with Gasteiger partial charge in [-0.05, 0) is 32.2 Å². The van der Waals surface area contributed by atoms with E-state index in [0.29, 0.717) is 0 Å². The van der Waals surface area contributed by atoms with Crippen LogP contribution in [-0.4, -0.2) is 44.9 Å². The lowest BCUT2D eigenvalue weighted by Gasteiger charge is -2.32. The summed E-state index contributed by atoms with van der Waals surface area (Å²) < 4.78 is 29.0. The van der Waals surface area contributed by atoms with Crippen molar-refractivity contribution < 1.29 is 8.42 Å². The molecule has 1 atom stereocenters. The van der Waals surface area contributed by atoms with E-state index in [1.54, 1.807) is 11.4 Å². The number of nitrogens with one attached hydrogen (secondary N) is 2. The fourth-order valence-corrected chi connectivity index (χ4v) is 4.28. The zero-order valence-electron chi connectivity index (χ0n) is 11.2. The Morgan fingerprint density at radius 1 is 1.11 bits per heavy atom. The van der Waals surface area contributed by atoms with Crippen LogP contribution in [0.25, 0.3) is 0 Å². The molecule has 18 heavy (non-hydrogen) atoms. The quantitative estimate of drug-likeness (QED) is 0.799. The normalized spacial score (nSPS) is 27.6. The van der Waals surface area contributed by atoms with Crippen LogP contribution in [0.3, 0.4) is 0 Å². The van der Waals surface area contributed by atoms with E-state index in [1.165, 1.54) is 6.42 Å². The van der Waals surface area contributed by atoms with Crippen molar-refractivity contribution in [3.8, 4) is 0 Å². The largest absolute Gasteiger partial charge is 0.315 e. The van der Waals surface area contributed by atoms with Gasteiger partial charge in [0, 0.05) is 25.7 Å². The van der Waals surface area contributed by atoms with Crippen LogP contribution in [0.5, 0.6) is 0 Å². The maximum atomic E-state index is 12.3. The first-order valence-electron chi connectivity index (χ1n) is 7.05. The van der Waals surface area contributed by atoms with Crippen LogP contribution < -0.4 is 10.0 Å². The minimum Gasteiger partial charge on any atom is -0.315 e. The van der Waals surface area contributed by atoms with Gasteiger partial charge in [-0.3, -0.25) is 0 Å². The molecule has 1 heterocycles. The fourth-order valence-electron chi connectivity index (χ4n) is 2.89. The van der Waals surface area contributed by atoms with Crippen molar-refractivity contribution in [3.63, 3.8) is 0 Å². The van der Waals surface area contributed by atoms with Crippen LogP contribution in [0.2, 0.25) is 0 Å². The van der Waals surface area contributed by atoms with Crippen LogP contribution in [0.1, 0.15) is 44.9 Å². The predicted octanol–water partition coefficient (Wildman–Crippen LogP) is 0.837. The van der Waals surface area contributed by atoms with E-state index in [1.807, 2.05) is 0 Å². The van der Waals surface area contributed by atoms with Gasteiger partial charge in [0.2, 0.25) is 0 Å². The summed E-state index contributed by atoms with van der Waals surface area (Å²) >= 11 is 0. The molecule has 5 nitrogen and oxygen atoms in total. The van der Waals surface area contributed by atoms with Crippen molar-refractivity contribution in [1.82, 2.24) is 14.3 Å². The zero-order valence-corrected chi connectivity index (χ0v) is 12.0. The average Bonchev–Trinajstić information content (AvgIpc) is 2.39. The topological polar surface area (TPSA) is 61.4 Å². The highest BCUT2D eigenvalue weighted by Crippen LogP contribution is 2.23. The molecule has 0 aromatic carbocycles. The molecule has 1 saturated carbocycles. The number of hydrogen-bond acceptors (Lipinski definition) is 3. The maximum Gasteiger partial charge on any atom is 0.279 e. The van der Waals surface area contributed by atoms with Gasteiger partial charge in [-0.15, -0.1) is 0 Å². The summed E-state index contributed by atoms with van der Waals surface area (Å²) in [5, 5.41) is 3.23. The molecule has 2 N–H and O–H groups in total. The standard InChI is InChI=1S/C12H25N3O2S/c1-15(12-7-3-2-4-8-12)18(16,17)14-11-6-5-9-13-10-11/h11-14H,2-10H2,1H3. The van der Waals surface area contributed by atoms with Gasteiger partial charge in [0.1, 0.15) is 0 Å². The van der Waals surface area contributed by atoms with Crippen molar-refractivity contribution in [3.05, 3.63) is 0 Å². The average molecular weight is 275 g/mol. The van der Waals surface area contributed by atoms with Crippen LogP contribution >= 0.6 is 0 Å². The van der Waals surface area contributed by atoms with Gasteiger partial charge in [-0.1, -0.05) is 19.3 Å². The molecular formula is C12H25N3O2S. The van der Waals surface area contributed by atoms with E-state index in [0.717, 1.165) is 51.6 Å². The molecule has 1 aliphatic carbocycles. The van der Waals surface area contributed by atoms with Gasteiger partial charge in [0.15, 0.2) is 0 Å². The molecule has 1 aliphatic heterocycles. The Morgan fingerprint density at radius 3 is 2.44 bits per heavy atom. The first-order valence-corrected chi connectivity index (χ1v) is 8.49. The minimum absolute atomic E-state index is 0.0507. The second-order valence-corrected chi connectivity index (χ2v) is 7.24. The van der Waals surface area contributed by atoms with Gasteiger partial charge in [-0.25, -0.2) is 0 Å². The van der Waals surface area contributed by atoms with E-state index < -0.39 is 10.2 Å². The Bertz CT molecular complexity index is 346. The number of piperidine rings is 1. The van der Waals surface area contributed by atoms with E-state index in [2.05, 4.69) is 10.0 Å². The summed E-state index contributed by atoms with van der Waals surface area (Å²) in [6.07, 6.45) is 7.51. The molecule has 0 bridgehead atoms. The monoisotopic (exact) mass is 275 g/mol. The van der Waals surface area contributed by atoms with E-state index >= 15 is 0 Å². The Balaban J connectivity index is 1.91. The Hall–Kier alpha value is -0.170. The van der Waals surface area contributed by atoms with Crippen molar-refractivity contribution >= 4 is 10.2 Å². The number of nitrogens with zero attached hydrogens (tertiary/aromatic N) is 1. The molecule has 0 spiro atoms. The Labute approximate surface area is 110 Å². The Morgan fingerprint density at radius 2 is 1.83 bits per heavy atom. The number of rotatable bonds is 4. The predicted molar refractivity (Wildman–Crippen MR) is 72.6 cm³/mol. The van der Waals surface area contributed by atoms with Crippen molar-refractivity contribution in [2.45, 2.75) is 57.0 Å². The molecule has 0 aromatic rings. The summed E-state index contributed by atoms with van der Waals surface area (Å²) in [5.41, 5.74) is 0. The smallest absolute Gasteiger partial charge is 0.279 e. The van der Waals surface area contributed by atoms with Crippen LogP contribution in [0, 0.1) is 0 Å². The van der Waals surface area contributed by atoms with Gasteiger partial charge >= 0.3 is 0 Å². The SMILES string of the molecule is CN(C1CCCCC1)S(=O)(=O)NC1CCCNC1. The van der Waals surface area contributed by atoms with Gasteiger partial charge < -0.3 is 5.32 Å². The van der Waals surface area contributed by atoms with E-state index in [-0.39, 0.29) is 12.1 Å². The van der Waals surface area contributed by atoms with Crippen molar-refractivity contribution in [2.75, 3.05) is 20.1 Å². The van der Waals surface area contributed by atoms with Gasteiger partial charge in [0.25, 0.3) is 10.2 Å². The van der Waals surface area contributed by atoms with Crippen molar-refractivity contribution in [2.24, 2.45) is 0 Å². The molecule has 2 rings (SSSR count). The summed E-state index contributed by atoms with van der Waals surface area (Å²) in [6, 6.07) is 0.239. The first kappa shape index (κ1) is 14.2. The summed E-state index contributed by atoms with van der Waals surface area (Å²) in [6.45, 7) is 1.74. The van der Waals surface area contributed by atoms with E-state index in [9.17, 15) is 8.42 Å². The summed E-state index contributed by atoms with van der Waals surface area (Å²) in [5.74, 6) is 0. The molecule has 2 fully saturated rings. The van der Waals surface area contributed by atoms with Crippen molar-refractivity contribution in [1.29, 1.82) is 0 Å². The lowest BCUT2D eigenvalue weighted by atomic mass is 9.96. The first-order chi connectivity index (χ1) is 8.59. The van der Waals surface area contributed by atoms with Gasteiger partial charge in [0.05, 0.1) is 0 Å². The molecule has 2 aliphatic rings. The molecule has 0 radical (unpaired) electrons. The maximum absolute atomic E-state index is 12.3. The van der Waals surface area contributed by atoms with Crippen LogP contribution in [0.15, 0.2) is 0 Å². The fraction of sp³-hybridized carbons (Fsp3) is 1.00. The molecule has 1 unspecified atom stereocenters. The van der Waals surface area contributed by atoms with E-state index in [4.69, 9.17) is 0 Å². The highest BCUT2D eigenvalue weighted by atomic mass is 32.2. The highest BCUT2D eigenvalue weighted by molar-refractivity contribution is 7.87. The third kappa shape index (κ3) is 3.66. The third-order valence-corrected chi connectivity index (χ3v) is 5.77. The molecule has 1 saturated heterocycles. The molecule has 0 amide bonds. The highest BCUT2D eigenvalue weighted by Gasteiger charge is 2.29. The third-order valence-electron chi connectivity index (χ3n) is 4.08. The minimum atomic E-state index is -3.32. The second kappa shape index (κ2) is 6.32. The Kier molecular flexibility index (Phi) is 5.00. The zero-order chi connectivity index (χ0) is 13.0. The summed E-state index contributed by atoms with van der Waals surface area (Å²) in [4.78, 5) is 0. The lowest BCUT2D eigenvalue weighted by molar-refractivity contribution is 0.279. The molecular weight excluding hydrogens is 250 g/mol. The second-order valence-electron chi connectivity index (χ2n) is 5.47. The van der Waals surface area contributed by atoms with Crippen LogP contribution in [0.4, 0.5) is 0 Å². The molecule has 0 aromatic heterocycles. The number of hydrogen-bond donors (Lipinski definition) is 2. The molecule has 106 valence electrons. The van der Waals surface area contributed by atoms with Crippen LogP contribution in [-0.2, 0) is 10.2 Å². The van der Waals surface area contributed by atoms with Gasteiger partial charge in [-0.2, -0.15) is 17.4 Å². The summed E-state index contributed by atoms with van der Waals surface area (Å²) in [7, 11) is -1.60. The lowest BCUT2D eigenvalue weighted by Crippen LogP contribution is -2.52. The molecule has 6 heteroatoms.